The standard InChI is InChI=1S/C17H24N6O2/c1-11-7-23(8-12(2)25-11)17(24)13-3-5-22(6-4-13)16-14-15(19-9-18-14)20-10-21-16/h9-13H,3-8H2,1-2H3,(H,18,19,20,21). The van der Waals surface area contributed by atoms with Gasteiger partial charge in [-0.1, -0.05) is 0 Å². The molecule has 2 atom stereocenters. The quantitative estimate of drug-likeness (QED) is 0.881. The number of rotatable bonds is 2. The number of anilines is 1. The second-order valence-electron chi connectivity index (χ2n) is 7.06. The van der Waals surface area contributed by atoms with Crippen molar-refractivity contribution >= 4 is 22.9 Å². The third kappa shape index (κ3) is 3.18. The number of amides is 1. The first kappa shape index (κ1) is 16.3. The van der Waals surface area contributed by atoms with Gasteiger partial charge >= 0.3 is 0 Å². The number of carbonyl (C=O) groups is 1. The summed E-state index contributed by atoms with van der Waals surface area (Å²) in [5, 5.41) is 0. The highest BCUT2D eigenvalue weighted by Crippen LogP contribution is 2.27. The summed E-state index contributed by atoms with van der Waals surface area (Å²) >= 11 is 0. The molecule has 25 heavy (non-hydrogen) atoms. The van der Waals surface area contributed by atoms with Crippen molar-refractivity contribution in [3.63, 3.8) is 0 Å². The van der Waals surface area contributed by atoms with Gasteiger partial charge in [0.2, 0.25) is 5.91 Å². The molecule has 8 nitrogen and oxygen atoms in total. The molecule has 2 aromatic rings. The van der Waals surface area contributed by atoms with E-state index in [1.807, 2.05) is 18.7 Å². The van der Waals surface area contributed by atoms with Crippen molar-refractivity contribution < 1.29 is 9.53 Å². The second-order valence-corrected chi connectivity index (χ2v) is 7.06. The maximum absolute atomic E-state index is 12.9. The van der Waals surface area contributed by atoms with Crippen molar-refractivity contribution in [2.75, 3.05) is 31.1 Å². The summed E-state index contributed by atoms with van der Waals surface area (Å²) in [7, 11) is 0. The lowest BCUT2D eigenvalue weighted by Gasteiger charge is -2.39. The second kappa shape index (κ2) is 6.59. The molecule has 1 amide bonds. The zero-order valence-electron chi connectivity index (χ0n) is 14.7. The number of piperidine rings is 1. The summed E-state index contributed by atoms with van der Waals surface area (Å²) in [6.45, 7) is 7.09. The zero-order chi connectivity index (χ0) is 17.4. The molecule has 0 radical (unpaired) electrons. The van der Waals surface area contributed by atoms with Gasteiger partial charge in [0, 0.05) is 32.1 Å². The molecule has 0 bridgehead atoms. The first-order chi connectivity index (χ1) is 12.1. The lowest BCUT2D eigenvalue weighted by molar-refractivity contribution is -0.148. The smallest absolute Gasteiger partial charge is 0.225 e. The molecular formula is C17H24N6O2. The minimum absolute atomic E-state index is 0.0906. The van der Waals surface area contributed by atoms with Crippen LogP contribution in [0, 0.1) is 5.92 Å². The first-order valence-corrected chi connectivity index (χ1v) is 8.95. The van der Waals surface area contributed by atoms with Gasteiger partial charge in [-0.2, -0.15) is 0 Å². The molecule has 2 fully saturated rings. The van der Waals surface area contributed by atoms with Gasteiger partial charge in [-0.25, -0.2) is 15.0 Å². The van der Waals surface area contributed by atoms with Gasteiger partial charge in [0.25, 0.3) is 0 Å². The first-order valence-electron chi connectivity index (χ1n) is 8.95. The number of hydrogen-bond donors (Lipinski definition) is 1. The third-order valence-corrected chi connectivity index (χ3v) is 5.08. The fourth-order valence-corrected chi connectivity index (χ4v) is 3.95. The fraction of sp³-hybridized carbons (Fsp3) is 0.647. The van der Waals surface area contributed by atoms with E-state index in [4.69, 9.17) is 4.74 Å². The molecule has 2 saturated heterocycles. The van der Waals surface area contributed by atoms with E-state index >= 15 is 0 Å². The average Bonchev–Trinajstić information content (AvgIpc) is 3.09. The highest BCUT2D eigenvalue weighted by molar-refractivity contribution is 5.83. The number of nitrogens with one attached hydrogen (secondary N) is 1. The molecule has 0 saturated carbocycles. The van der Waals surface area contributed by atoms with E-state index in [-0.39, 0.29) is 24.0 Å². The molecule has 8 heteroatoms. The Hall–Kier alpha value is -2.22. The highest BCUT2D eigenvalue weighted by Gasteiger charge is 2.33. The molecule has 2 aliphatic heterocycles. The summed E-state index contributed by atoms with van der Waals surface area (Å²) in [6, 6.07) is 0. The van der Waals surface area contributed by atoms with Crippen molar-refractivity contribution in [1.29, 1.82) is 0 Å². The van der Waals surface area contributed by atoms with Gasteiger partial charge in [-0.3, -0.25) is 4.79 Å². The number of fused-ring (bicyclic) bond motifs is 1. The lowest BCUT2D eigenvalue weighted by atomic mass is 9.94. The van der Waals surface area contributed by atoms with Crippen LogP contribution in [0.1, 0.15) is 26.7 Å². The van der Waals surface area contributed by atoms with Crippen LogP contribution in [0.3, 0.4) is 0 Å². The van der Waals surface area contributed by atoms with Crippen LogP contribution in [0.15, 0.2) is 12.7 Å². The number of carbonyl (C=O) groups excluding carboxylic acids is 1. The van der Waals surface area contributed by atoms with E-state index < -0.39 is 0 Å². The van der Waals surface area contributed by atoms with Crippen LogP contribution in [-0.2, 0) is 9.53 Å². The van der Waals surface area contributed by atoms with Crippen LogP contribution in [-0.4, -0.2) is 69.1 Å². The van der Waals surface area contributed by atoms with E-state index in [1.165, 1.54) is 0 Å². The molecule has 4 heterocycles. The lowest BCUT2D eigenvalue weighted by Crippen LogP contribution is -2.51. The van der Waals surface area contributed by atoms with E-state index in [2.05, 4.69) is 24.8 Å². The number of morpholine rings is 1. The molecule has 2 aliphatic rings. The van der Waals surface area contributed by atoms with E-state index in [0.29, 0.717) is 18.7 Å². The minimum Gasteiger partial charge on any atom is -0.372 e. The van der Waals surface area contributed by atoms with E-state index in [0.717, 1.165) is 37.3 Å². The normalized spacial score (nSPS) is 25.5. The van der Waals surface area contributed by atoms with Gasteiger partial charge in [-0.15, -0.1) is 0 Å². The maximum atomic E-state index is 12.9. The Labute approximate surface area is 146 Å². The molecule has 1 N–H and O–H groups in total. The fourth-order valence-electron chi connectivity index (χ4n) is 3.95. The molecule has 0 spiro atoms. The predicted molar refractivity (Wildman–Crippen MR) is 93.2 cm³/mol. The summed E-state index contributed by atoms with van der Waals surface area (Å²) in [4.78, 5) is 32.9. The topological polar surface area (TPSA) is 87.2 Å². The maximum Gasteiger partial charge on any atom is 0.225 e. The van der Waals surface area contributed by atoms with Crippen LogP contribution < -0.4 is 4.90 Å². The van der Waals surface area contributed by atoms with Gasteiger partial charge in [0.1, 0.15) is 11.8 Å². The summed E-state index contributed by atoms with van der Waals surface area (Å²) in [6.07, 6.45) is 5.11. The van der Waals surface area contributed by atoms with E-state index in [9.17, 15) is 4.79 Å². The van der Waals surface area contributed by atoms with Crippen molar-refractivity contribution in [1.82, 2.24) is 24.8 Å². The Balaban J connectivity index is 1.41. The largest absolute Gasteiger partial charge is 0.372 e. The summed E-state index contributed by atoms with van der Waals surface area (Å²) in [5.74, 6) is 1.24. The number of H-pyrrole nitrogens is 1. The van der Waals surface area contributed by atoms with Gasteiger partial charge < -0.3 is 19.5 Å². The number of aromatic amines is 1. The molecule has 2 aromatic heterocycles. The van der Waals surface area contributed by atoms with Crippen LogP contribution in [0.2, 0.25) is 0 Å². The molecular weight excluding hydrogens is 320 g/mol. The molecule has 0 aromatic carbocycles. The molecule has 134 valence electrons. The number of hydrogen-bond acceptors (Lipinski definition) is 6. The van der Waals surface area contributed by atoms with Crippen LogP contribution >= 0.6 is 0 Å². The summed E-state index contributed by atoms with van der Waals surface area (Å²) < 4.78 is 5.74. The number of imidazole rings is 1. The number of ether oxygens (including phenoxy) is 1. The molecule has 2 unspecified atom stereocenters. The van der Waals surface area contributed by atoms with Crippen LogP contribution in [0.25, 0.3) is 11.2 Å². The Morgan fingerprint density at radius 1 is 1.16 bits per heavy atom. The van der Waals surface area contributed by atoms with Crippen molar-refractivity contribution in [2.24, 2.45) is 5.92 Å². The van der Waals surface area contributed by atoms with Crippen LogP contribution in [0.5, 0.6) is 0 Å². The van der Waals surface area contributed by atoms with Gasteiger partial charge in [0.05, 0.1) is 18.5 Å². The number of aromatic nitrogens is 4. The number of nitrogens with zero attached hydrogens (tertiary/aromatic N) is 5. The highest BCUT2D eigenvalue weighted by atomic mass is 16.5. The van der Waals surface area contributed by atoms with Crippen LogP contribution in [0.4, 0.5) is 5.82 Å². The Kier molecular flexibility index (Phi) is 4.29. The molecule has 4 rings (SSSR count). The monoisotopic (exact) mass is 344 g/mol. The molecule has 0 aliphatic carbocycles. The Bertz CT molecular complexity index is 744. The van der Waals surface area contributed by atoms with Gasteiger partial charge in [0.15, 0.2) is 11.5 Å². The average molecular weight is 344 g/mol. The SMILES string of the molecule is CC1CN(C(=O)C2CCN(c3ncnc4nc[nH]c34)CC2)CC(C)O1. The van der Waals surface area contributed by atoms with E-state index in [1.54, 1.807) is 12.7 Å². The zero-order valence-corrected chi connectivity index (χ0v) is 14.7. The Morgan fingerprint density at radius 2 is 1.88 bits per heavy atom. The summed E-state index contributed by atoms with van der Waals surface area (Å²) in [5.41, 5.74) is 1.54. The van der Waals surface area contributed by atoms with Crippen molar-refractivity contribution in [2.45, 2.75) is 38.9 Å². The third-order valence-electron chi connectivity index (χ3n) is 5.08. The van der Waals surface area contributed by atoms with Gasteiger partial charge in [-0.05, 0) is 26.7 Å². The predicted octanol–water partition coefficient (Wildman–Crippen LogP) is 1.21. The minimum atomic E-state index is 0.0906. The Morgan fingerprint density at radius 3 is 2.60 bits per heavy atom. The van der Waals surface area contributed by atoms with Crippen molar-refractivity contribution in [3.8, 4) is 0 Å². The van der Waals surface area contributed by atoms with Crippen molar-refractivity contribution in [3.05, 3.63) is 12.7 Å².